The average molecular weight is 701 g/mol. The SMILES string of the molecule is Cc1ccc(C)c(OC(C)C(=O)Nc2ccc(C3(c4ccc(NC(=O)C(C)Oc5cc(C)ccc5C)cc4)c4ccccc4-c4ccccc43)cc2)c1. The molecule has 0 spiro atoms. The molecule has 0 aromatic heterocycles. The van der Waals surface area contributed by atoms with Gasteiger partial charge >= 0.3 is 0 Å². The number of rotatable bonds is 10. The molecule has 2 unspecified atom stereocenters. The van der Waals surface area contributed by atoms with Gasteiger partial charge in [-0.3, -0.25) is 9.59 Å². The molecule has 266 valence electrons. The van der Waals surface area contributed by atoms with Crippen LogP contribution in [0.2, 0.25) is 0 Å². The molecule has 0 fully saturated rings. The standard InChI is InChI=1S/C47H44N2O4/c1-29-15-17-31(3)43(27-29)52-33(5)45(50)48-37-23-19-35(20-24-37)47(41-13-9-7-11-39(41)40-12-8-10-14-42(40)47)36-21-25-38(26-22-36)49-46(51)34(6)53-44-28-30(2)16-18-32(44)4/h7-28,33-34H,1-6H3,(H,48,50)(H,49,51). The Hall–Kier alpha value is -6.14. The van der Waals surface area contributed by atoms with Gasteiger partial charge in [0.1, 0.15) is 11.5 Å². The lowest BCUT2D eigenvalue weighted by molar-refractivity contribution is -0.122. The van der Waals surface area contributed by atoms with E-state index < -0.39 is 17.6 Å². The minimum Gasteiger partial charge on any atom is -0.481 e. The molecule has 0 heterocycles. The molecule has 6 heteroatoms. The van der Waals surface area contributed by atoms with Crippen molar-refractivity contribution in [3.8, 4) is 22.6 Å². The summed E-state index contributed by atoms with van der Waals surface area (Å²) >= 11 is 0. The van der Waals surface area contributed by atoms with Crippen LogP contribution in [0.15, 0.2) is 133 Å². The van der Waals surface area contributed by atoms with Crippen molar-refractivity contribution in [2.24, 2.45) is 0 Å². The largest absolute Gasteiger partial charge is 0.481 e. The van der Waals surface area contributed by atoms with Crippen LogP contribution in [0.25, 0.3) is 11.1 Å². The Bertz CT molecular complexity index is 2150. The lowest BCUT2D eigenvalue weighted by Gasteiger charge is -2.34. The zero-order valence-corrected chi connectivity index (χ0v) is 31.0. The predicted molar refractivity (Wildman–Crippen MR) is 213 cm³/mol. The van der Waals surface area contributed by atoms with Crippen LogP contribution in [0, 0.1) is 27.7 Å². The summed E-state index contributed by atoms with van der Waals surface area (Å²) in [5, 5.41) is 6.09. The second-order valence-corrected chi connectivity index (χ2v) is 14.0. The number of benzene rings is 6. The van der Waals surface area contributed by atoms with Gasteiger partial charge in [-0.15, -0.1) is 0 Å². The lowest BCUT2D eigenvalue weighted by Crippen LogP contribution is -2.31. The Kier molecular flexibility index (Phi) is 9.63. The highest BCUT2D eigenvalue weighted by Crippen LogP contribution is 2.56. The fourth-order valence-electron chi connectivity index (χ4n) is 7.28. The molecule has 7 rings (SSSR count). The van der Waals surface area contributed by atoms with Crippen molar-refractivity contribution in [3.63, 3.8) is 0 Å². The van der Waals surface area contributed by atoms with Crippen LogP contribution in [0.3, 0.4) is 0 Å². The first kappa shape index (κ1) is 35.3. The van der Waals surface area contributed by atoms with Crippen LogP contribution in [-0.2, 0) is 15.0 Å². The van der Waals surface area contributed by atoms with Crippen molar-refractivity contribution in [1.29, 1.82) is 0 Å². The van der Waals surface area contributed by atoms with Crippen molar-refractivity contribution in [2.75, 3.05) is 10.6 Å². The van der Waals surface area contributed by atoms with E-state index in [-0.39, 0.29) is 11.8 Å². The summed E-state index contributed by atoms with van der Waals surface area (Å²) in [4.78, 5) is 26.5. The number of nitrogens with one attached hydrogen (secondary N) is 2. The Morgan fingerprint density at radius 3 is 1.28 bits per heavy atom. The maximum Gasteiger partial charge on any atom is 0.265 e. The zero-order valence-electron chi connectivity index (χ0n) is 31.0. The van der Waals surface area contributed by atoms with Crippen molar-refractivity contribution in [1.82, 2.24) is 0 Å². The van der Waals surface area contributed by atoms with Gasteiger partial charge in [-0.25, -0.2) is 0 Å². The van der Waals surface area contributed by atoms with Crippen LogP contribution < -0.4 is 20.1 Å². The van der Waals surface area contributed by atoms with Gasteiger partial charge in [0.15, 0.2) is 12.2 Å². The van der Waals surface area contributed by atoms with Gasteiger partial charge in [0.2, 0.25) is 0 Å². The number of carbonyl (C=O) groups excluding carboxylic acids is 2. The van der Waals surface area contributed by atoms with E-state index in [9.17, 15) is 9.59 Å². The van der Waals surface area contributed by atoms with Crippen molar-refractivity contribution >= 4 is 23.2 Å². The highest BCUT2D eigenvalue weighted by atomic mass is 16.5. The topological polar surface area (TPSA) is 76.7 Å². The van der Waals surface area contributed by atoms with Crippen LogP contribution in [-0.4, -0.2) is 24.0 Å². The normalized spacial score (nSPS) is 13.6. The van der Waals surface area contributed by atoms with Crippen molar-refractivity contribution < 1.29 is 19.1 Å². The third-order valence-corrected chi connectivity index (χ3v) is 10.2. The molecule has 6 nitrogen and oxygen atoms in total. The number of carbonyl (C=O) groups is 2. The van der Waals surface area contributed by atoms with Crippen molar-refractivity contribution in [3.05, 3.63) is 178 Å². The lowest BCUT2D eigenvalue weighted by atomic mass is 9.67. The van der Waals surface area contributed by atoms with E-state index in [1.54, 1.807) is 13.8 Å². The van der Waals surface area contributed by atoms with E-state index in [1.165, 1.54) is 22.3 Å². The fourth-order valence-corrected chi connectivity index (χ4v) is 7.28. The van der Waals surface area contributed by atoms with Gasteiger partial charge in [-0.05, 0) is 134 Å². The third kappa shape index (κ3) is 6.81. The molecule has 0 saturated heterocycles. The monoisotopic (exact) mass is 700 g/mol. The highest BCUT2D eigenvalue weighted by molar-refractivity contribution is 5.95. The maximum atomic E-state index is 13.3. The van der Waals surface area contributed by atoms with E-state index in [0.717, 1.165) is 33.4 Å². The molecule has 6 aromatic rings. The first-order valence-electron chi connectivity index (χ1n) is 18.0. The Balaban J connectivity index is 1.18. The fraction of sp³-hybridized carbons (Fsp3) is 0.191. The summed E-state index contributed by atoms with van der Waals surface area (Å²) in [5.74, 6) is 0.955. The van der Waals surface area contributed by atoms with Gasteiger partial charge in [0.25, 0.3) is 11.8 Å². The number of amides is 2. The molecule has 0 saturated carbocycles. The molecule has 0 aliphatic heterocycles. The number of hydrogen-bond acceptors (Lipinski definition) is 4. The van der Waals surface area contributed by atoms with E-state index in [1.807, 2.05) is 88.4 Å². The predicted octanol–water partition coefficient (Wildman–Crippen LogP) is 10.1. The maximum absolute atomic E-state index is 13.3. The van der Waals surface area contributed by atoms with Crippen molar-refractivity contribution in [2.45, 2.75) is 59.2 Å². The second kappa shape index (κ2) is 14.5. The Morgan fingerprint density at radius 2 is 0.887 bits per heavy atom. The summed E-state index contributed by atoms with van der Waals surface area (Å²) in [6.07, 6.45) is -1.37. The van der Waals surface area contributed by atoms with Crippen LogP contribution >= 0.6 is 0 Å². The highest BCUT2D eigenvalue weighted by Gasteiger charge is 2.45. The third-order valence-electron chi connectivity index (χ3n) is 10.2. The number of fused-ring (bicyclic) bond motifs is 3. The van der Waals surface area contributed by atoms with Gasteiger partial charge < -0.3 is 20.1 Å². The number of ether oxygens (including phenoxy) is 2. The first-order chi connectivity index (χ1) is 25.5. The molecular formula is C47H44N2O4. The number of anilines is 2. The first-order valence-corrected chi connectivity index (χ1v) is 18.0. The molecule has 2 amide bonds. The molecule has 2 atom stereocenters. The summed E-state index contributed by atoms with van der Waals surface area (Å²) in [6, 6.07) is 45.2. The quantitative estimate of drug-likeness (QED) is 0.149. The summed E-state index contributed by atoms with van der Waals surface area (Å²) in [7, 11) is 0. The molecular weight excluding hydrogens is 657 g/mol. The molecule has 0 radical (unpaired) electrons. The minimum absolute atomic E-state index is 0.226. The second-order valence-electron chi connectivity index (χ2n) is 14.0. The minimum atomic E-state index is -0.685. The molecule has 2 N–H and O–H groups in total. The molecule has 6 aromatic carbocycles. The van der Waals surface area contributed by atoms with E-state index >= 15 is 0 Å². The van der Waals surface area contributed by atoms with Gasteiger partial charge in [-0.2, -0.15) is 0 Å². The average Bonchev–Trinajstić information content (AvgIpc) is 3.46. The van der Waals surface area contributed by atoms with Crippen LogP contribution in [0.4, 0.5) is 11.4 Å². The van der Waals surface area contributed by atoms with Crippen LogP contribution in [0.1, 0.15) is 58.4 Å². The van der Waals surface area contributed by atoms with E-state index in [0.29, 0.717) is 22.9 Å². The summed E-state index contributed by atoms with van der Waals surface area (Å²) in [5.41, 5.74) is 11.6. The molecule has 1 aliphatic rings. The van der Waals surface area contributed by atoms with Gasteiger partial charge in [-0.1, -0.05) is 97.1 Å². The van der Waals surface area contributed by atoms with Gasteiger partial charge in [0, 0.05) is 11.4 Å². The molecule has 53 heavy (non-hydrogen) atoms. The van der Waals surface area contributed by atoms with E-state index in [4.69, 9.17) is 9.47 Å². The molecule has 0 bridgehead atoms. The van der Waals surface area contributed by atoms with Crippen LogP contribution in [0.5, 0.6) is 11.5 Å². The summed E-state index contributed by atoms with van der Waals surface area (Å²) < 4.78 is 12.1. The zero-order chi connectivity index (χ0) is 37.3. The van der Waals surface area contributed by atoms with Gasteiger partial charge in [0.05, 0.1) is 5.41 Å². The Labute approximate surface area is 311 Å². The van der Waals surface area contributed by atoms with E-state index in [2.05, 4.69) is 83.4 Å². The molecule has 1 aliphatic carbocycles. The number of hydrogen-bond donors (Lipinski definition) is 2. The smallest absolute Gasteiger partial charge is 0.265 e. The summed E-state index contributed by atoms with van der Waals surface area (Å²) in [6.45, 7) is 11.5. The number of aryl methyl sites for hydroxylation is 4. The Morgan fingerprint density at radius 1 is 0.509 bits per heavy atom.